The van der Waals surface area contributed by atoms with Crippen LogP contribution >= 0.6 is 15.9 Å². The summed E-state index contributed by atoms with van der Waals surface area (Å²) < 4.78 is 20.0. The Labute approximate surface area is 124 Å². The van der Waals surface area contributed by atoms with Gasteiger partial charge in [0, 0.05) is 4.47 Å². The molecule has 0 radical (unpaired) electrons. The van der Waals surface area contributed by atoms with E-state index >= 15 is 0 Å². The maximum Gasteiger partial charge on any atom is 0.170 e. The lowest BCUT2D eigenvalue weighted by Crippen LogP contribution is -2.20. The molecule has 2 aromatic rings. The smallest absolute Gasteiger partial charge is 0.170 e. The third-order valence-corrected chi connectivity index (χ3v) is 4.30. The largest absolute Gasteiger partial charge is 0.484 e. The van der Waals surface area contributed by atoms with E-state index in [0.717, 1.165) is 15.6 Å². The summed E-state index contributed by atoms with van der Waals surface area (Å²) in [6.07, 6.45) is -0.0938. The maximum atomic E-state index is 13.2. The van der Waals surface area contributed by atoms with Gasteiger partial charge in [0.1, 0.15) is 17.7 Å². The van der Waals surface area contributed by atoms with Gasteiger partial charge < -0.3 is 4.74 Å². The van der Waals surface area contributed by atoms with Gasteiger partial charge in [0.25, 0.3) is 0 Å². The van der Waals surface area contributed by atoms with Crippen molar-refractivity contribution in [2.75, 3.05) is 0 Å². The Morgan fingerprint density at radius 2 is 2.05 bits per heavy atom. The van der Waals surface area contributed by atoms with Crippen LogP contribution in [0.3, 0.4) is 0 Å². The van der Waals surface area contributed by atoms with Gasteiger partial charge in [-0.25, -0.2) is 4.39 Å². The molecule has 2 nitrogen and oxygen atoms in total. The molecule has 0 amide bonds. The molecule has 0 saturated carbocycles. The van der Waals surface area contributed by atoms with Crippen LogP contribution in [0, 0.1) is 12.7 Å². The van der Waals surface area contributed by atoms with Crippen LogP contribution in [0.1, 0.15) is 34.0 Å². The second kappa shape index (κ2) is 5.02. The monoisotopic (exact) mass is 334 g/mol. The quantitative estimate of drug-likeness (QED) is 0.761. The Morgan fingerprint density at radius 1 is 1.25 bits per heavy atom. The van der Waals surface area contributed by atoms with Gasteiger partial charge >= 0.3 is 0 Å². The number of benzene rings is 2. The Hall–Kier alpha value is -1.68. The highest BCUT2D eigenvalue weighted by Gasteiger charge is 2.28. The Kier molecular flexibility index (Phi) is 3.34. The molecule has 1 unspecified atom stereocenters. The Morgan fingerprint density at radius 3 is 2.80 bits per heavy atom. The molecule has 0 spiro atoms. The number of fused-ring (bicyclic) bond motifs is 1. The van der Waals surface area contributed by atoms with Crippen LogP contribution in [0.15, 0.2) is 40.9 Å². The summed E-state index contributed by atoms with van der Waals surface area (Å²) in [5, 5.41) is 0. The number of hydrogen-bond donors (Lipinski definition) is 0. The number of ether oxygens (including phenoxy) is 1. The van der Waals surface area contributed by atoms with Gasteiger partial charge in [0.05, 0.1) is 12.0 Å². The van der Waals surface area contributed by atoms with Crippen molar-refractivity contribution < 1.29 is 13.9 Å². The minimum Gasteiger partial charge on any atom is -0.484 e. The second-order valence-electron chi connectivity index (χ2n) is 4.88. The zero-order valence-electron chi connectivity index (χ0n) is 10.8. The van der Waals surface area contributed by atoms with Crippen molar-refractivity contribution in [1.82, 2.24) is 0 Å². The zero-order valence-corrected chi connectivity index (χ0v) is 12.4. The van der Waals surface area contributed by atoms with Crippen LogP contribution in [0.25, 0.3) is 0 Å². The number of hydrogen-bond acceptors (Lipinski definition) is 2. The molecule has 0 fully saturated rings. The van der Waals surface area contributed by atoms with Crippen molar-refractivity contribution in [2.24, 2.45) is 0 Å². The molecule has 0 aliphatic carbocycles. The van der Waals surface area contributed by atoms with E-state index in [1.54, 1.807) is 0 Å². The van der Waals surface area contributed by atoms with Gasteiger partial charge in [0.15, 0.2) is 5.78 Å². The summed E-state index contributed by atoms with van der Waals surface area (Å²) in [6, 6.07) is 9.94. The Balaban J connectivity index is 1.97. The SMILES string of the molecule is Cc1ccc(C2CC(=O)c3cc(F)ccc3O2)cc1Br. The van der Waals surface area contributed by atoms with Gasteiger partial charge in [-0.15, -0.1) is 0 Å². The minimum atomic E-state index is -0.419. The first-order chi connectivity index (χ1) is 9.54. The van der Waals surface area contributed by atoms with E-state index in [4.69, 9.17) is 4.74 Å². The lowest BCUT2D eigenvalue weighted by molar-refractivity contribution is 0.0849. The molecule has 0 bridgehead atoms. The second-order valence-corrected chi connectivity index (χ2v) is 5.74. The summed E-state index contributed by atoms with van der Waals surface area (Å²) in [4.78, 5) is 12.1. The number of halogens is 2. The van der Waals surface area contributed by atoms with Crippen LogP contribution < -0.4 is 4.74 Å². The lowest BCUT2D eigenvalue weighted by atomic mass is 9.96. The third kappa shape index (κ3) is 2.36. The van der Waals surface area contributed by atoms with Gasteiger partial charge in [-0.1, -0.05) is 28.1 Å². The van der Waals surface area contributed by atoms with Gasteiger partial charge in [-0.2, -0.15) is 0 Å². The van der Waals surface area contributed by atoms with Crippen molar-refractivity contribution in [1.29, 1.82) is 0 Å². The van der Waals surface area contributed by atoms with Gasteiger partial charge in [-0.05, 0) is 42.3 Å². The highest BCUT2D eigenvalue weighted by Crippen LogP contribution is 2.36. The standard InChI is InChI=1S/C16H12BrFO2/c1-9-2-3-10(6-13(9)17)16-8-14(19)12-7-11(18)4-5-15(12)20-16/h2-7,16H,8H2,1H3. The van der Waals surface area contributed by atoms with Crippen molar-refractivity contribution in [2.45, 2.75) is 19.4 Å². The molecule has 0 saturated heterocycles. The average molecular weight is 335 g/mol. The summed E-state index contributed by atoms with van der Waals surface area (Å²) in [6.45, 7) is 2.00. The molecule has 1 atom stereocenters. The fourth-order valence-electron chi connectivity index (χ4n) is 2.29. The van der Waals surface area contributed by atoms with Crippen LogP contribution in [-0.2, 0) is 0 Å². The van der Waals surface area contributed by atoms with Gasteiger partial charge in [-0.3, -0.25) is 4.79 Å². The molecule has 102 valence electrons. The summed E-state index contributed by atoms with van der Waals surface area (Å²) in [5.41, 5.74) is 2.39. The normalized spacial score (nSPS) is 17.6. The highest BCUT2D eigenvalue weighted by molar-refractivity contribution is 9.10. The van der Waals surface area contributed by atoms with Crippen molar-refractivity contribution in [3.63, 3.8) is 0 Å². The summed E-state index contributed by atoms with van der Waals surface area (Å²) in [5.74, 6) is -0.0611. The van der Waals surface area contributed by atoms with E-state index < -0.39 is 5.82 Å². The fourth-order valence-corrected chi connectivity index (χ4v) is 2.69. The molecule has 1 heterocycles. The van der Waals surface area contributed by atoms with E-state index in [2.05, 4.69) is 15.9 Å². The first-order valence-electron chi connectivity index (χ1n) is 6.30. The number of Topliss-reactive ketones (excluding diaryl/α,β-unsaturated/α-hetero) is 1. The minimum absolute atomic E-state index is 0.0903. The van der Waals surface area contributed by atoms with Crippen LogP contribution in [0.4, 0.5) is 4.39 Å². The summed E-state index contributed by atoms with van der Waals surface area (Å²) >= 11 is 3.48. The highest BCUT2D eigenvalue weighted by atomic mass is 79.9. The maximum absolute atomic E-state index is 13.2. The van der Waals surface area contributed by atoms with Crippen LogP contribution in [-0.4, -0.2) is 5.78 Å². The number of aryl methyl sites for hydroxylation is 1. The third-order valence-electron chi connectivity index (χ3n) is 3.45. The molecular weight excluding hydrogens is 323 g/mol. The number of rotatable bonds is 1. The van der Waals surface area contributed by atoms with E-state index in [1.165, 1.54) is 18.2 Å². The van der Waals surface area contributed by atoms with E-state index in [9.17, 15) is 9.18 Å². The predicted octanol–water partition coefficient (Wildman–Crippen LogP) is 4.60. The van der Waals surface area contributed by atoms with E-state index in [1.807, 2.05) is 25.1 Å². The number of carbonyl (C=O) groups excluding carboxylic acids is 1. The van der Waals surface area contributed by atoms with Crippen LogP contribution in [0.5, 0.6) is 5.75 Å². The molecular formula is C16H12BrFO2. The molecule has 1 aliphatic rings. The van der Waals surface area contributed by atoms with Crippen molar-refractivity contribution in [3.8, 4) is 5.75 Å². The Bertz CT molecular complexity index is 697. The number of ketones is 1. The molecule has 4 heteroatoms. The zero-order chi connectivity index (χ0) is 14.3. The van der Waals surface area contributed by atoms with Crippen LogP contribution in [0.2, 0.25) is 0 Å². The molecule has 2 aromatic carbocycles. The first kappa shape index (κ1) is 13.3. The van der Waals surface area contributed by atoms with E-state index in [-0.39, 0.29) is 18.3 Å². The molecule has 0 N–H and O–H groups in total. The van der Waals surface area contributed by atoms with Gasteiger partial charge in [0.2, 0.25) is 0 Å². The molecule has 1 aliphatic heterocycles. The fraction of sp³-hybridized carbons (Fsp3) is 0.188. The predicted molar refractivity (Wildman–Crippen MR) is 77.6 cm³/mol. The molecule has 0 aromatic heterocycles. The van der Waals surface area contributed by atoms with E-state index in [0.29, 0.717) is 11.3 Å². The lowest BCUT2D eigenvalue weighted by Gasteiger charge is -2.25. The summed E-state index contributed by atoms with van der Waals surface area (Å²) in [7, 11) is 0. The number of carbonyl (C=O) groups is 1. The van der Waals surface area contributed by atoms with Crippen molar-refractivity contribution >= 4 is 21.7 Å². The topological polar surface area (TPSA) is 26.3 Å². The van der Waals surface area contributed by atoms with Crippen molar-refractivity contribution in [3.05, 3.63) is 63.4 Å². The average Bonchev–Trinajstić information content (AvgIpc) is 2.42. The first-order valence-corrected chi connectivity index (χ1v) is 7.09. The molecule has 3 rings (SSSR count). The molecule has 20 heavy (non-hydrogen) atoms.